The van der Waals surface area contributed by atoms with Crippen molar-refractivity contribution >= 4 is 11.8 Å². The summed E-state index contributed by atoms with van der Waals surface area (Å²) >= 11 is 1.93. The molecule has 68 valence electrons. The van der Waals surface area contributed by atoms with Gasteiger partial charge in [0, 0.05) is 18.1 Å². The zero-order valence-corrected chi connectivity index (χ0v) is 8.44. The van der Waals surface area contributed by atoms with Crippen molar-refractivity contribution in [3.05, 3.63) is 23.8 Å². The fraction of sp³-hybridized carbons (Fsp3) is 0.600. The highest BCUT2D eigenvalue weighted by atomic mass is 32.2. The Morgan fingerprint density at radius 2 is 2.50 bits per heavy atom. The average molecular weight is 183 g/mol. The van der Waals surface area contributed by atoms with E-state index in [9.17, 15) is 0 Å². The van der Waals surface area contributed by atoms with Crippen molar-refractivity contribution in [1.29, 1.82) is 0 Å². The molecule has 0 aromatic carbocycles. The van der Waals surface area contributed by atoms with E-state index in [0.29, 0.717) is 0 Å². The van der Waals surface area contributed by atoms with Gasteiger partial charge in [-0.3, -0.25) is 0 Å². The maximum atomic E-state index is 5.42. The van der Waals surface area contributed by atoms with Crippen LogP contribution in [0, 0.1) is 5.92 Å². The van der Waals surface area contributed by atoms with Crippen molar-refractivity contribution in [2.24, 2.45) is 11.7 Å². The van der Waals surface area contributed by atoms with Crippen molar-refractivity contribution < 1.29 is 0 Å². The minimum Gasteiger partial charge on any atom is -0.330 e. The summed E-state index contributed by atoms with van der Waals surface area (Å²) in [5.41, 5.74) is 6.98. The topological polar surface area (TPSA) is 26.0 Å². The number of nitrogens with two attached hydrogens (primary N) is 1. The Kier molecular flexibility index (Phi) is 4.48. The second-order valence-corrected chi connectivity index (χ2v) is 4.34. The zero-order chi connectivity index (χ0) is 8.81. The Morgan fingerprint density at radius 3 is 3.17 bits per heavy atom. The average Bonchev–Trinajstić information content (AvgIpc) is 2.05. The summed E-state index contributed by atoms with van der Waals surface area (Å²) in [4.78, 5) is 0. The molecule has 0 aliphatic heterocycles. The molecule has 2 heteroatoms. The second-order valence-electron chi connectivity index (χ2n) is 3.23. The Balaban J connectivity index is 2.23. The van der Waals surface area contributed by atoms with Gasteiger partial charge in [-0.05, 0) is 12.3 Å². The first-order valence-electron chi connectivity index (χ1n) is 4.47. The first kappa shape index (κ1) is 9.87. The number of allylic oxidation sites excluding steroid dienone is 3. The van der Waals surface area contributed by atoms with Crippen LogP contribution in [0.3, 0.4) is 0 Å². The maximum absolute atomic E-state index is 5.42. The van der Waals surface area contributed by atoms with Crippen LogP contribution >= 0.6 is 11.8 Å². The van der Waals surface area contributed by atoms with Gasteiger partial charge in [0.2, 0.25) is 0 Å². The number of rotatable bonds is 4. The first-order chi connectivity index (χ1) is 5.83. The third-order valence-corrected chi connectivity index (χ3v) is 3.00. The predicted molar refractivity (Wildman–Crippen MR) is 57.4 cm³/mol. The zero-order valence-electron chi connectivity index (χ0n) is 7.62. The summed E-state index contributed by atoms with van der Waals surface area (Å²) in [5, 5.41) is 0. The highest BCUT2D eigenvalue weighted by molar-refractivity contribution is 7.99. The third kappa shape index (κ3) is 3.46. The SMILES string of the molecule is C[C@H]1C=CC=C(CSCCN)C1. The fourth-order valence-electron chi connectivity index (χ4n) is 1.32. The summed E-state index contributed by atoms with van der Waals surface area (Å²) in [6, 6.07) is 0. The summed E-state index contributed by atoms with van der Waals surface area (Å²) in [6.45, 7) is 3.06. The number of hydrogen-bond acceptors (Lipinski definition) is 2. The molecule has 1 atom stereocenters. The highest BCUT2D eigenvalue weighted by Crippen LogP contribution is 2.20. The molecule has 0 unspecified atom stereocenters. The molecule has 0 heterocycles. The van der Waals surface area contributed by atoms with Crippen molar-refractivity contribution in [3.63, 3.8) is 0 Å². The summed E-state index contributed by atoms with van der Waals surface area (Å²) < 4.78 is 0. The van der Waals surface area contributed by atoms with E-state index < -0.39 is 0 Å². The molecule has 12 heavy (non-hydrogen) atoms. The lowest BCUT2D eigenvalue weighted by Gasteiger charge is -2.13. The van der Waals surface area contributed by atoms with Crippen molar-refractivity contribution in [2.75, 3.05) is 18.1 Å². The van der Waals surface area contributed by atoms with Crippen molar-refractivity contribution in [1.82, 2.24) is 0 Å². The fourth-order valence-corrected chi connectivity index (χ4v) is 2.11. The lowest BCUT2D eigenvalue weighted by atomic mass is 9.97. The molecule has 1 aliphatic rings. The van der Waals surface area contributed by atoms with Crippen LogP contribution in [0.4, 0.5) is 0 Å². The molecular weight excluding hydrogens is 166 g/mol. The van der Waals surface area contributed by atoms with Gasteiger partial charge >= 0.3 is 0 Å². The van der Waals surface area contributed by atoms with Crippen LogP contribution in [0.2, 0.25) is 0 Å². The van der Waals surface area contributed by atoms with Crippen LogP contribution in [-0.2, 0) is 0 Å². The maximum Gasteiger partial charge on any atom is 0.0147 e. The molecule has 0 spiro atoms. The molecular formula is C10H17NS. The monoisotopic (exact) mass is 183 g/mol. The van der Waals surface area contributed by atoms with Crippen LogP contribution in [-0.4, -0.2) is 18.1 Å². The molecule has 0 fully saturated rings. The van der Waals surface area contributed by atoms with Crippen molar-refractivity contribution in [2.45, 2.75) is 13.3 Å². The molecule has 0 bridgehead atoms. The van der Waals surface area contributed by atoms with Gasteiger partial charge in [0.05, 0.1) is 0 Å². The molecule has 0 saturated carbocycles. The standard InChI is InChI=1S/C10H17NS/c1-9-3-2-4-10(7-9)8-12-6-5-11/h2-4,9H,5-8,11H2,1H3/t9-/m0/s1. The summed E-state index contributed by atoms with van der Waals surface area (Å²) in [7, 11) is 0. The normalized spacial score (nSPS) is 22.5. The molecule has 1 rings (SSSR count). The van der Waals surface area contributed by atoms with Crippen LogP contribution in [0.15, 0.2) is 23.8 Å². The number of thioether (sulfide) groups is 1. The Labute approximate surface area is 79.1 Å². The van der Waals surface area contributed by atoms with E-state index in [-0.39, 0.29) is 0 Å². The molecule has 1 aliphatic carbocycles. The van der Waals surface area contributed by atoms with E-state index in [1.807, 2.05) is 11.8 Å². The van der Waals surface area contributed by atoms with E-state index in [4.69, 9.17) is 5.73 Å². The minimum absolute atomic E-state index is 0.725. The molecule has 0 radical (unpaired) electrons. The Morgan fingerprint density at radius 1 is 1.67 bits per heavy atom. The van der Waals surface area contributed by atoms with Crippen LogP contribution in [0.25, 0.3) is 0 Å². The van der Waals surface area contributed by atoms with Crippen LogP contribution < -0.4 is 5.73 Å². The molecule has 1 nitrogen and oxygen atoms in total. The van der Waals surface area contributed by atoms with Gasteiger partial charge in [-0.15, -0.1) is 0 Å². The van der Waals surface area contributed by atoms with Gasteiger partial charge in [-0.25, -0.2) is 0 Å². The van der Waals surface area contributed by atoms with E-state index in [0.717, 1.165) is 24.0 Å². The Hall–Kier alpha value is -0.210. The van der Waals surface area contributed by atoms with Gasteiger partial charge in [0.25, 0.3) is 0 Å². The second kappa shape index (κ2) is 5.44. The van der Waals surface area contributed by atoms with Crippen LogP contribution in [0.5, 0.6) is 0 Å². The smallest absolute Gasteiger partial charge is 0.0147 e. The van der Waals surface area contributed by atoms with E-state index >= 15 is 0 Å². The van der Waals surface area contributed by atoms with Gasteiger partial charge in [-0.1, -0.05) is 30.7 Å². The minimum atomic E-state index is 0.725. The number of hydrogen-bond donors (Lipinski definition) is 1. The third-order valence-electron chi connectivity index (χ3n) is 1.91. The molecule has 0 amide bonds. The molecule has 2 N–H and O–H groups in total. The summed E-state index contributed by atoms with van der Waals surface area (Å²) in [6.07, 6.45) is 7.90. The largest absolute Gasteiger partial charge is 0.330 e. The van der Waals surface area contributed by atoms with Gasteiger partial charge in [0.15, 0.2) is 0 Å². The molecule has 0 aromatic rings. The first-order valence-corrected chi connectivity index (χ1v) is 5.62. The highest BCUT2D eigenvalue weighted by Gasteiger charge is 2.05. The quantitative estimate of drug-likeness (QED) is 0.676. The lowest BCUT2D eigenvalue weighted by Crippen LogP contribution is -2.04. The lowest BCUT2D eigenvalue weighted by molar-refractivity contribution is 0.709. The van der Waals surface area contributed by atoms with Gasteiger partial charge < -0.3 is 5.73 Å². The van der Waals surface area contributed by atoms with Gasteiger partial charge in [0.1, 0.15) is 0 Å². The summed E-state index contributed by atoms with van der Waals surface area (Å²) in [5.74, 6) is 2.96. The van der Waals surface area contributed by atoms with Crippen LogP contribution in [0.1, 0.15) is 13.3 Å². The molecule has 0 saturated heterocycles. The van der Waals surface area contributed by atoms with E-state index in [2.05, 4.69) is 25.2 Å². The van der Waals surface area contributed by atoms with Crippen molar-refractivity contribution in [3.8, 4) is 0 Å². The molecule has 0 aromatic heterocycles. The van der Waals surface area contributed by atoms with Gasteiger partial charge in [-0.2, -0.15) is 11.8 Å². The Bertz CT molecular complexity index is 184. The van der Waals surface area contributed by atoms with E-state index in [1.165, 1.54) is 6.42 Å². The van der Waals surface area contributed by atoms with E-state index in [1.54, 1.807) is 5.57 Å². The predicted octanol–water partition coefficient (Wildman–Crippen LogP) is 2.20.